The molecule has 0 heterocycles. The summed E-state index contributed by atoms with van der Waals surface area (Å²) < 4.78 is 57.1. The second-order valence-corrected chi connectivity index (χ2v) is 12.6. The molecule has 0 spiro atoms. The van der Waals surface area contributed by atoms with Gasteiger partial charge in [0, 0.05) is 11.3 Å². The van der Waals surface area contributed by atoms with E-state index in [1.807, 2.05) is 26.0 Å². The number of anilines is 3. The summed E-state index contributed by atoms with van der Waals surface area (Å²) in [6, 6.07) is 22.5. The third kappa shape index (κ3) is 6.30. The summed E-state index contributed by atoms with van der Waals surface area (Å²) in [4.78, 5) is 13.0. The van der Waals surface area contributed by atoms with E-state index in [2.05, 4.69) is 14.8 Å². The number of hydrogen-bond acceptors (Lipinski definition) is 5. The fraction of sp³-hybridized carbons (Fsp3) is 0.138. The molecular weight excluding hydrogens is 534 g/mol. The van der Waals surface area contributed by atoms with Crippen molar-refractivity contribution in [3.05, 3.63) is 113 Å². The highest BCUT2D eigenvalue weighted by Crippen LogP contribution is 2.25. The molecule has 0 radical (unpaired) electrons. The van der Waals surface area contributed by atoms with E-state index >= 15 is 0 Å². The van der Waals surface area contributed by atoms with Gasteiger partial charge in [0.05, 0.1) is 21.2 Å². The van der Waals surface area contributed by atoms with Crippen LogP contribution < -0.4 is 14.8 Å². The molecule has 8 nitrogen and oxygen atoms in total. The highest BCUT2D eigenvalue weighted by Gasteiger charge is 2.21. The van der Waals surface area contributed by atoms with Gasteiger partial charge in [-0.15, -0.1) is 0 Å². The lowest BCUT2D eigenvalue weighted by Gasteiger charge is -2.15. The monoisotopic (exact) mass is 563 g/mol. The molecule has 0 saturated heterocycles. The minimum atomic E-state index is -3.97. The van der Waals surface area contributed by atoms with Gasteiger partial charge in [-0.1, -0.05) is 36.4 Å². The van der Waals surface area contributed by atoms with Crippen LogP contribution in [-0.4, -0.2) is 22.7 Å². The van der Waals surface area contributed by atoms with Crippen molar-refractivity contribution in [1.29, 1.82) is 0 Å². The first kappa shape index (κ1) is 27.9. The SMILES string of the molecule is Cc1ccccc1NS(=O)(=O)c1ccc(NC(=O)c2ccc(C)c(S(=O)(=O)Nc3cccc(C)c3C)c2)cc1. The number of benzene rings is 4. The lowest BCUT2D eigenvalue weighted by atomic mass is 10.1. The van der Waals surface area contributed by atoms with Gasteiger partial charge < -0.3 is 5.32 Å². The molecule has 10 heteroatoms. The van der Waals surface area contributed by atoms with Gasteiger partial charge in [0.15, 0.2) is 0 Å². The van der Waals surface area contributed by atoms with Crippen molar-refractivity contribution >= 4 is 43.0 Å². The normalized spacial score (nSPS) is 11.6. The lowest BCUT2D eigenvalue weighted by Crippen LogP contribution is -2.18. The highest BCUT2D eigenvalue weighted by molar-refractivity contribution is 7.93. The van der Waals surface area contributed by atoms with Crippen molar-refractivity contribution in [3.8, 4) is 0 Å². The number of sulfonamides is 2. The summed E-state index contributed by atoms with van der Waals surface area (Å²) in [5.74, 6) is -0.535. The number of amides is 1. The Morgan fingerprint density at radius 1 is 0.615 bits per heavy atom. The summed E-state index contributed by atoms with van der Waals surface area (Å²) in [5, 5.41) is 2.69. The first-order valence-electron chi connectivity index (χ1n) is 12.1. The van der Waals surface area contributed by atoms with E-state index in [0.29, 0.717) is 22.6 Å². The van der Waals surface area contributed by atoms with E-state index in [4.69, 9.17) is 0 Å². The number of nitrogens with one attached hydrogen (secondary N) is 3. The molecule has 0 atom stereocenters. The van der Waals surface area contributed by atoms with Crippen molar-refractivity contribution in [3.63, 3.8) is 0 Å². The molecule has 0 aliphatic carbocycles. The van der Waals surface area contributed by atoms with Gasteiger partial charge in [0.1, 0.15) is 0 Å². The van der Waals surface area contributed by atoms with Gasteiger partial charge in [-0.3, -0.25) is 14.2 Å². The van der Waals surface area contributed by atoms with E-state index in [9.17, 15) is 21.6 Å². The minimum absolute atomic E-state index is 0.0141. The van der Waals surface area contributed by atoms with Crippen LogP contribution in [0.4, 0.5) is 17.1 Å². The van der Waals surface area contributed by atoms with Crippen LogP contribution in [0.15, 0.2) is 94.7 Å². The van der Waals surface area contributed by atoms with Crippen molar-refractivity contribution in [1.82, 2.24) is 0 Å². The first-order valence-corrected chi connectivity index (χ1v) is 15.0. The molecule has 4 rings (SSSR count). The zero-order chi connectivity index (χ0) is 28.4. The Morgan fingerprint density at radius 2 is 1.23 bits per heavy atom. The molecule has 4 aromatic rings. The lowest BCUT2D eigenvalue weighted by molar-refractivity contribution is 0.102. The van der Waals surface area contributed by atoms with Gasteiger partial charge in [-0.2, -0.15) is 0 Å². The summed E-state index contributed by atoms with van der Waals surface area (Å²) in [6.07, 6.45) is 0. The summed E-state index contributed by atoms with van der Waals surface area (Å²) in [5.41, 5.74) is 4.47. The van der Waals surface area contributed by atoms with Crippen molar-refractivity contribution in [2.75, 3.05) is 14.8 Å². The van der Waals surface area contributed by atoms with Crippen LogP contribution in [0.5, 0.6) is 0 Å². The van der Waals surface area contributed by atoms with Crippen LogP contribution >= 0.6 is 0 Å². The maximum atomic E-state index is 13.2. The van der Waals surface area contributed by atoms with E-state index in [1.165, 1.54) is 36.4 Å². The quantitative estimate of drug-likeness (QED) is 0.251. The molecule has 0 unspecified atom stereocenters. The molecule has 0 bridgehead atoms. The first-order chi connectivity index (χ1) is 18.4. The van der Waals surface area contributed by atoms with Crippen molar-refractivity contribution in [2.24, 2.45) is 0 Å². The van der Waals surface area contributed by atoms with Crippen LogP contribution in [0.3, 0.4) is 0 Å². The Kier molecular flexibility index (Phi) is 7.80. The predicted octanol–water partition coefficient (Wildman–Crippen LogP) is 5.77. The Balaban J connectivity index is 1.52. The van der Waals surface area contributed by atoms with Gasteiger partial charge in [0.2, 0.25) is 0 Å². The Hall–Kier alpha value is -4.15. The van der Waals surface area contributed by atoms with Crippen molar-refractivity contribution in [2.45, 2.75) is 37.5 Å². The molecule has 3 N–H and O–H groups in total. The summed E-state index contributed by atoms with van der Waals surface area (Å²) in [7, 11) is -7.79. The van der Waals surface area contributed by atoms with Crippen LogP contribution in [0, 0.1) is 27.7 Å². The molecule has 0 aliphatic heterocycles. The maximum absolute atomic E-state index is 13.2. The number of carbonyl (C=O) groups excluding carboxylic acids is 1. The van der Waals surface area contributed by atoms with Gasteiger partial charge in [-0.25, -0.2) is 16.8 Å². The summed E-state index contributed by atoms with van der Waals surface area (Å²) >= 11 is 0. The van der Waals surface area contributed by atoms with E-state index in [0.717, 1.165) is 16.7 Å². The van der Waals surface area contributed by atoms with Gasteiger partial charge >= 0.3 is 0 Å². The molecule has 202 valence electrons. The smallest absolute Gasteiger partial charge is 0.262 e. The second-order valence-electron chi connectivity index (χ2n) is 9.23. The maximum Gasteiger partial charge on any atom is 0.262 e. The molecule has 39 heavy (non-hydrogen) atoms. The molecule has 0 aromatic heterocycles. The number of rotatable bonds is 8. The second kappa shape index (κ2) is 10.9. The zero-order valence-electron chi connectivity index (χ0n) is 21.9. The molecule has 0 aliphatic rings. The predicted molar refractivity (Wildman–Crippen MR) is 154 cm³/mol. The third-order valence-electron chi connectivity index (χ3n) is 6.40. The third-order valence-corrected chi connectivity index (χ3v) is 9.29. The Labute approximate surface area is 229 Å². The largest absolute Gasteiger partial charge is 0.322 e. The average molecular weight is 564 g/mol. The number of carbonyl (C=O) groups is 1. The fourth-order valence-corrected chi connectivity index (χ4v) is 6.43. The zero-order valence-corrected chi connectivity index (χ0v) is 23.6. The van der Waals surface area contributed by atoms with Crippen LogP contribution in [0.1, 0.15) is 32.6 Å². The van der Waals surface area contributed by atoms with Crippen molar-refractivity contribution < 1.29 is 21.6 Å². The minimum Gasteiger partial charge on any atom is -0.322 e. The van der Waals surface area contributed by atoms with E-state index in [1.54, 1.807) is 50.2 Å². The van der Waals surface area contributed by atoms with E-state index < -0.39 is 26.0 Å². The topological polar surface area (TPSA) is 121 Å². The molecule has 0 saturated carbocycles. The molecule has 4 aromatic carbocycles. The molecular formula is C29H29N3O5S2. The van der Waals surface area contributed by atoms with Crippen LogP contribution in [-0.2, 0) is 20.0 Å². The van der Waals surface area contributed by atoms with Gasteiger partial charge in [0.25, 0.3) is 26.0 Å². The fourth-order valence-electron chi connectivity index (χ4n) is 3.90. The standard InChI is InChI=1S/C29H29N3O5S2/c1-19-9-7-11-27(22(19)4)32-39(36,37)28-18-23(13-12-21(28)3)29(33)30-24-14-16-25(17-15-24)38(34,35)31-26-10-6-5-8-20(26)2/h5-18,31-32H,1-4H3,(H,30,33). The number of aryl methyl sites for hydroxylation is 3. The van der Waals surface area contributed by atoms with Gasteiger partial charge in [-0.05, 0) is 98.5 Å². The number of hydrogen-bond donors (Lipinski definition) is 3. The van der Waals surface area contributed by atoms with E-state index in [-0.39, 0.29) is 15.4 Å². The van der Waals surface area contributed by atoms with Crippen LogP contribution in [0.25, 0.3) is 0 Å². The summed E-state index contributed by atoms with van der Waals surface area (Å²) in [6.45, 7) is 7.19. The van der Waals surface area contributed by atoms with Crippen LogP contribution in [0.2, 0.25) is 0 Å². The Morgan fingerprint density at radius 3 is 1.92 bits per heavy atom. The average Bonchev–Trinajstić information content (AvgIpc) is 2.88. The Bertz CT molecular complexity index is 1770. The molecule has 1 amide bonds. The highest BCUT2D eigenvalue weighted by atomic mass is 32.2. The molecule has 0 fully saturated rings. The number of para-hydroxylation sites is 1.